The SMILES string of the molecule is Cc1cc(C)n(-c2ccc(C(=O)NCCN3CCCC[C@@H]3CO)cc2)n1. The number of aryl methyl sites for hydroxylation is 2. The molecule has 1 saturated heterocycles. The van der Waals surface area contributed by atoms with Gasteiger partial charge in [0.1, 0.15) is 0 Å². The average molecular weight is 356 g/mol. The van der Waals surface area contributed by atoms with Gasteiger partial charge >= 0.3 is 0 Å². The topological polar surface area (TPSA) is 70.4 Å². The van der Waals surface area contributed by atoms with E-state index < -0.39 is 0 Å². The van der Waals surface area contributed by atoms with E-state index in [9.17, 15) is 9.90 Å². The highest BCUT2D eigenvalue weighted by Crippen LogP contribution is 2.16. The Hall–Kier alpha value is -2.18. The van der Waals surface area contributed by atoms with Gasteiger partial charge in [-0.3, -0.25) is 9.69 Å². The molecule has 0 radical (unpaired) electrons. The largest absolute Gasteiger partial charge is 0.395 e. The molecule has 0 aliphatic carbocycles. The summed E-state index contributed by atoms with van der Waals surface area (Å²) in [6, 6.07) is 9.76. The second-order valence-electron chi connectivity index (χ2n) is 7.01. The number of aliphatic hydroxyl groups is 1. The summed E-state index contributed by atoms with van der Waals surface area (Å²) in [7, 11) is 0. The third kappa shape index (κ3) is 4.31. The van der Waals surface area contributed by atoms with E-state index in [0.29, 0.717) is 12.1 Å². The molecule has 140 valence electrons. The lowest BCUT2D eigenvalue weighted by Gasteiger charge is -2.34. The molecule has 1 atom stereocenters. The van der Waals surface area contributed by atoms with Gasteiger partial charge in [0, 0.05) is 30.4 Å². The van der Waals surface area contributed by atoms with Gasteiger partial charge in [0.05, 0.1) is 18.0 Å². The van der Waals surface area contributed by atoms with Gasteiger partial charge < -0.3 is 10.4 Å². The molecule has 0 saturated carbocycles. The fourth-order valence-corrected chi connectivity index (χ4v) is 3.62. The Morgan fingerprint density at radius 1 is 1.27 bits per heavy atom. The molecule has 0 unspecified atom stereocenters. The van der Waals surface area contributed by atoms with Crippen LogP contribution in [0.1, 0.15) is 41.0 Å². The summed E-state index contributed by atoms with van der Waals surface area (Å²) in [5.74, 6) is -0.0672. The van der Waals surface area contributed by atoms with Crippen LogP contribution in [0.15, 0.2) is 30.3 Å². The number of amides is 1. The zero-order valence-electron chi connectivity index (χ0n) is 15.6. The molecule has 2 N–H and O–H groups in total. The maximum absolute atomic E-state index is 12.4. The molecule has 2 aromatic rings. The van der Waals surface area contributed by atoms with Crippen LogP contribution in [0.3, 0.4) is 0 Å². The highest BCUT2D eigenvalue weighted by atomic mass is 16.3. The molecule has 26 heavy (non-hydrogen) atoms. The van der Waals surface area contributed by atoms with Crippen molar-refractivity contribution in [1.82, 2.24) is 20.0 Å². The van der Waals surface area contributed by atoms with E-state index in [1.54, 1.807) is 0 Å². The number of piperidine rings is 1. The summed E-state index contributed by atoms with van der Waals surface area (Å²) < 4.78 is 1.88. The molecule has 1 amide bonds. The van der Waals surface area contributed by atoms with Crippen LogP contribution in [0.5, 0.6) is 0 Å². The zero-order valence-corrected chi connectivity index (χ0v) is 15.6. The Labute approximate surface area is 154 Å². The molecule has 0 spiro atoms. The second-order valence-corrected chi connectivity index (χ2v) is 7.01. The van der Waals surface area contributed by atoms with Crippen LogP contribution in [0.4, 0.5) is 0 Å². The number of hydrogen-bond donors (Lipinski definition) is 2. The third-order valence-electron chi connectivity index (χ3n) is 5.03. The first-order chi connectivity index (χ1) is 12.6. The molecule has 3 rings (SSSR count). The number of aromatic nitrogens is 2. The van der Waals surface area contributed by atoms with Crippen LogP contribution in [-0.4, -0.2) is 58.0 Å². The first kappa shape index (κ1) is 18.6. The highest BCUT2D eigenvalue weighted by molar-refractivity contribution is 5.94. The molecule has 6 heteroatoms. The van der Waals surface area contributed by atoms with E-state index in [2.05, 4.69) is 15.3 Å². The van der Waals surface area contributed by atoms with E-state index in [-0.39, 0.29) is 18.6 Å². The number of nitrogens with zero attached hydrogens (tertiary/aromatic N) is 3. The van der Waals surface area contributed by atoms with E-state index in [0.717, 1.165) is 43.0 Å². The fourth-order valence-electron chi connectivity index (χ4n) is 3.62. The summed E-state index contributed by atoms with van der Waals surface area (Å²) in [5, 5.41) is 16.9. The van der Waals surface area contributed by atoms with Crippen molar-refractivity contribution in [1.29, 1.82) is 0 Å². The first-order valence-electron chi connectivity index (χ1n) is 9.35. The van der Waals surface area contributed by atoms with Crippen LogP contribution in [0.25, 0.3) is 5.69 Å². The summed E-state index contributed by atoms with van der Waals surface area (Å²) >= 11 is 0. The summed E-state index contributed by atoms with van der Waals surface area (Å²) in [6.07, 6.45) is 3.38. The van der Waals surface area contributed by atoms with Crippen molar-refractivity contribution in [2.75, 3.05) is 26.2 Å². The number of hydrogen-bond acceptors (Lipinski definition) is 4. The highest BCUT2D eigenvalue weighted by Gasteiger charge is 2.21. The number of rotatable bonds is 6. The van der Waals surface area contributed by atoms with Gasteiger partial charge in [0.25, 0.3) is 5.91 Å². The van der Waals surface area contributed by atoms with Gasteiger partial charge in [-0.2, -0.15) is 5.10 Å². The Kier molecular flexibility index (Phi) is 6.06. The maximum atomic E-state index is 12.4. The van der Waals surface area contributed by atoms with Crippen LogP contribution in [-0.2, 0) is 0 Å². The minimum absolute atomic E-state index is 0.0672. The number of likely N-dealkylation sites (tertiary alicyclic amines) is 1. The van der Waals surface area contributed by atoms with Crippen molar-refractivity contribution >= 4 is 5.91 Å². The van der Waals surface area contributed by atoms with Crippen molar-refractivity contribution in [3.05, 3.63) is 47.3 Å². The molecule has 1 aromatic heterocycles. The second kappa shape index (κ2) is 8.47. The number of nitrogens with one attached hydrogen (secondary N) is 1. The molecule has 1 aliphatic heterocycles. The first-order valence-corrected chi connectivity index (χ1v) is 9.35. The average Bonchev–Trinajstić information content (AvgIpc) is 3.00. The molecule has 2 heterocycles. The maximum Gasteiger partial charge on any atom is 0.251 e. The van der Waals surface area contributed by atoms with Gasteiger partial charge in [-0.1, -0.05) is 6.42 Å². The smallest absolute Gasteiger partial charge is 0.251 e. The van der Waals surface area contributed by atoms with Gasteiger partial charge in [-0.15, -0.1) is 0 Å². The quantitative estimate of drug-likeness (QED) is 0.831. The predicted octanol–water partition coefficient (Wildman–Crippen LogP) is 2.07. The molecule has 1 aromatic carbocycles. The van der Waals surface area contributed by atoms with Crippen molar-refractivity contribution in [2.45, 2.75) is 39.2 Å². The van der Waals surface area contributed by atoms with Crippen LogP contribution >= 0.6 is 0 Å². The van der Waals surface area contributed by atoms with Gasteiger partial charge in [-0.05, 0) is 63.6 Å². The minimum atomic E-state index is -0.0672. The van der Waals surface area contributed by atoms with Gasteiger partial charge in [0.15, 0.2) is 0 Å². The van der Waals surface area contributed by atoms with Crippen LogP contribution < -0.4 is 5.32 Å². The molecule has 1 fully saturated rings. The molecular weight excluding hydrogens is 328 g/mol. The number of benzene rings is 1. The standard InChI is InChI=1S/C20H28N4O2/c1-15-13-16(2)24(22-15)18-8-6-17(7-9-18)20(26)21-10-12-23-11-4-3-5-19(23)14-25/h6-9,13,19,25H,3-5,10-12,14H2,1-2H3,(H,21,26)/t19-/m1/s1. The van der Waals surface area contributed by atoms with E-state index in [1.807, 2.05) is 48.9 Å². The monoisotopic (exact) mass is 356 g/mol. The van der Waals surface area contributed by atoms with Crippen LogP contribution in [0.2, 0.25) is 0 Å². The summed E-state index contributed by atoms with van der Waals surface area (Å²) in [4.78, 5) is 14.6. The zero-order chi connectivity index (χ0) is 18.5. The molecule has 1 aliphatic rings. The lowest BCUT2D eigenvalue weighted by molar-refractivity contribution is 0.0849. The summed E-state index contributed by atoms with van der Waals surface area (Å²) in [6.45, 7) is 6.55. The van der Waals surface area contributed by atoms with Crippen molar-refractivity contribution in [2.24, 2.45) is 0 Å². The third-order valence-corrected chi connectivity index (χ3v) is 5.03. The molecule has 0 bridgehead atoms. The predicted molar refractivity (Wildman–Crippen MR) is 102 cm³/mol. The van der Waals surface area contributed by atoms with Crippen molar-refractivity contribution in [3.8, 4) is 5.69 Å². The Morgan fingerprint density at radius 3 is 2.69 bits per heavy atom. The number of carbonyl (C=O) groups is 1. The fraction of sp³-hybridized carbons (Fsp3) is 0.500. The minimum Gasteiger partial charge on any atom is -0.395 e. The van der Waals surface area contributed by atoms with Crippen molar-refractivity contribution < 1.29 is 9.90 Å². The lowest BCUT2D eigenvalue weighted by atomic mass is 10.0. The number of aliphatic hydroxyl groups excluding tert-OH is 1. The van der Waals surface area contributed by atoms with E-state index in [1.165, 1.54) is 6.42 Å². The molecule has 6 nitrogen and oxygen atoms in total. The van der Waals surface area contributed by atoms with Crippen LogP contribution in [0, 0.1) is 13.8 Å². The van der Waals surface area contributed by atoms with Gasteiger partial charge in [-0.25, -0.2) is 4.68 Å². The Balaban J connectivity index is 1.54. The molecular formula is C20H28N4O2. The lowest BCUT2D eigenvalue weighted by Crippen LogP contribution is -2.45. The van der Waals surface area contributed by atoms with Gasteiger partial charge in [0.2, 0.25) is 0 Å². The van der Waals surface area contributed by atoms with Crippen molar-refractivity contribution in [3.63, 3.8) is 0 Å². The Morgan fingerprint density at radius 2 is 2.04 bits per heavy atom. The van der Waals surface area contributed by atoms with E-state index >= 15 is 0 Å². The summed E-state index contributed by atoms with van der Waals surface area (Å²) in [5.41, 5.74) is 3.64. The van der Waals surface area contributed by atoms with E-state index in [4.69, 9.17) is 0 Å². The number of carbonyl (C=O) groups excluding carboxylic acids is 1. The Bertz CT molecular complexity index is 739. The normalized spacial score (nSPS) is 18.0.